The number of nitrogens with one attached hydrogen (secondary N) is 1. The molecule has 3 amide bonds. The van der Waals surface area contributed by atoms with Gasteiger partial charge in [0.1, 0.15) is 6.04 Å². The molecule has 1 heterocycles. The van der Waals surface area contributed by atoms with Crippen molar-refractivity contribution in [2.45, 2.75) is 38.6 Å². The van der Waals surface area contributed by atoms with Gasteiger partial charge in [-0.05, 0) is 68.7 Å². The number of imide groups is 1. The van der Waals surface area contributed by atoms with Gasteiger partial charge in [-0.25, -0.2) is 4.79 Å². The maximum absolute atomic E-state index is 14.1. The molecule has 1 N–H and O–H groups in total. The number of halogens is 2. The average Bonchev–Trinajstić information content (AvgIpc) is 3.22. The van der Waals surface area contributed by atoms with E-state index in [4.69, 9.17) is 16.3 Å². The molecule has 1 aliphatic heterocycles. The van der Waals surface area contributed by atoms with Gasteiger partial charge in [0.25, 0.3) is 5.91 Å². The molecule has 0 spiro atoms. The van der Waals surface area contributed by atoms with E-state index >= 15 is 0 Å². The van der Waals surface area contributed by atoms with Gasteiger partial charge in [-0.15, -0.1) is 0 Å². The van der Waals surface area contributed by atoms with Crippen molar-refractivity contribution in [3.63, 3.8) is 0 Å². The Morgan fingerprint density at radius 2 is 1.39 bits per heavy atom. The van der Waals surface area contributed by atoms with Gasteiger partial charge < -0.3 is 10.1 Å². The molecule has 0 unspecified atom stereocenters. The van der Waals surface area contributed by atoms with Crippen LogP contribution >= 0.6 is 27.5 Å². The highest BCUT2D eigenvalue weighted by Crippen LogP contribution is 2.61. The third-order valence-electron chi connectivity index (χ3n) is 8.59. The van der Waals surface area contributed by atoms with Crippen LogP contribution in [0.15, 0.2) is 65.1 Å². The first-order chi connectivity index (χ1) is 19.6. The summed E-state index contributed by atoms with van der Waals surface area (Å²) in [6, 6.07) is 18.2. The minimum Gasteiger partial charge on any atom is -0.454 e. The molecule has 2 bridgehead atoms. The lowest BCUT2D eigenvalue weighted by Gasteiger charge is -2.45. The van der Waals surface area contributed by atoms with Gasteiger partial charge in [-0.3, -0.25) is 19.3 Å². The van der Waals surface area contributed by atoms with Gasteiger partial charge in [-0.2, -0.15) is 0 Å². The number of hydrogen-bond acceptors (Lipinski definition) is 5. The van der Waals surface area contributed by atoms with Gasteiger partial charge in [0.05, 0.1) is 16.9 Å². The molecule has 0 saturated carbocycles. The van der Waals surface area contributed by atoms with E-state index in [1.165, 1.54) is 0 Å². The average molecular weight is 636 g/mol. The number of benzene rings is 3. The second-order valence-corrected chi connectivity index (χ2v) is 12.4. The SMILES string of the molecule is Cc1c(NC(=O)COC(=O)[C@@H](C(C)C)N2C(=O)[C@@H]3C4c5ccccc5C(c5ccccc54)[C@@H]3C2=O)ccc(Br)c1Cl. The lowest BCUT2D eigenvalue weighted by molar-refractivity contribution is -0.162. The summed E-state index contributed by atoms with van der Waals surface area (Å²) in [5, 5.41) is 3.16. The standard InChI is InChI=1S/C32H28BrClN2O5/c1-15(2)29(32(40)41-14-23(37)35-22-13-12-21(33)28(34)16(22)3)36-30(38)26-24-17-8-4-5-9-18(17)25(27(26)31(36)39)20-11-7-6-10-19(20)24/h4-13,15,24-27,29H,14H2,1-3H3,(H,35,37)/t24?,25?,26-,27+,29-/m1/s1. The monoisotopic (exact) mass is 634 g/mol. The molecule has 7 nitrogen and oxygen atoms in total. The summed E-state index contributed by atoms with van der Waals surface area (Å²) >= 11 is 9.60. The highest BCUT2D eigenvalue weighted by molar-refractivity contribution is 9.10. The predicted molar refractivity (Wildman–Crippen MR) is 158 cm³/mol. The van der Waals surface area contributed by atoms with Crippen molar-refractivity contribution >= 4 is 56.9 Å². The van der Waals surface area contributed by atoms with Crippen LogP contribution in [-0.4, -0.2) is 41.2 Å². The van der Waals surface area contributed by atoms with Crippen LogP contribution in [0.2, 0.25) is 5.02 Å². The minimum absolute atomic E-state index is 0.269. The number of nitrogens with zero attached hydrogens (tertiary/aromatic N) is 1. The first-order valence-electron chi connectivity index (χ1n) is 13.6. The number of likely N-dealkylation sites (tertiary alicyclic amines) is 1. The number of carbonyl (C=O) groups is 4. The van der Waals surface area contributed by atoms with Crippen LogP contribution in [0.1, 0.15) is 53.5 Å². The predicted octanol–water partition coefficient (Wildman–Crippen LogP) is 5.81. The molecule has 1 fully saturated rings. The summed E-state index contributed by atoms with van der Waals surface area (Å²) in [5.74, 6) is -4.22. The third kappa shape index (κ3) is 4.30. The maximum Gasteiger partial charge on any atom is 0.330 e. The summed E-state index contributed by atoms with van der Waals surface area (Å²) in [6.45, 7) is 4.72. The molecule has 3 aliphatic carbocycles. The Hall–Kier alpha value is -3.49. The highest BCUT2D eigenvalue weighted by Gasteiger charge is 2.63. The molecule has 3 aromatic rings. The van der Waals surface area contributed by atoms with E-state index < -0.39 is 42.3 Å². The molecule has 210 valence electrons. The van der Waals surface area contributed by atoms with E-state index in [1.807, 2.05) is 48.5 Å². The molecule has 0 radical (unpaired) electrons. The Balaban J connectivity index is 1.25. The smallest absolute Gasteiger partial charge is 0.330 e. The maximum atomic E-state index is 14.1. The lowest BCUT2D eigenvalue weighted by atomic mass is 9.55. The fraction of sp³-hybridized carbons (Fsp3) is 0.312. The Kier molecular flexibility index (Phi) is 7.02. The molecule has 1 saturated heterocycles. The first-order valence-corrected chi connectivity index (χ1v) is 14.7. The van der Waals surface area contributed by atoms with Crippen molar-refractivity contribution in [1.82, 2.24) is 4.90 Å². The normalized spacial score (nSPS) is 22.7. The van der Waals surface area contributed by atoms with E-state index in [0.717, 1.165) is 27.2 Å². The van der Waals surface area contributed by atoms with Crippen molar-refractivity contribution < 1.29 is 23.9 Å². The number of esters is 1. The summed E-state index contributed by atoms with van der Waals surface area (Å²) in [7, 11) is 0. The topological polar surface area (TPSA) is 92.8 Å². The molecule has 0 aromatic heterocycles. The van der Waals surface area contributed by atoms with E-state index in [-0.39, 0.29) is 23.7 Å². The fourth-order valence-corrected chi connectivity index (χ4v) is 7.44. The number of ether oxygens (including phenoxy) is 1. The molecule has 7 rings (SSSR count). The van der Waals surface area contributed by atoms with E-state index in [2.05, 4.69) is 21.2 Å². The van der Waals surface area contributed by atoms with Crippen molar-refractivity contribution in [2.75, 3.05) is 11.9 Å². The number of rotatable bonds is 6. The van der Waals surface area contributed by atoms with Crippen LogP contribution in [0.5, 0.6) is 0 Å². The zero-order valence-electron chi connectivity index (χ0n) is 22.7. The van der Waals surface area contributed by atoms with E-state index in [1.54, 1.807) is 32.9 Å². The molecule has 3 aromatic carbocycles. The molecular formula is C32H28BrClN2O5. The van der Waals surface area contributed by atoms with Crippen LogP contribution < -0.4 is 5.32 Å². The van der Waals surface area contributed by atoms with Gasteiger partial charge in [0.2, 0.25) is 11.8 Å². The zero-order valence-corrected chi connectivity index (χ0v) is 25.0. The van der Waals surface area contributed by atoms with E-state index in [0.29, 0.717) is 20.7 Å². The first kappa shape index (κ1) is 27.7. The number of anilines is 1. The fourth-order valence-electron chi connectivity index (χ4n) is 6.85. The molecule has 4 aliphatic rings. The molecule has 3 atom stereocenters. The largest absolute Gasteiger partial charge is 0.454 e. The van der Waals surface area contributed by atoms with Crippen LogP contribution in [0, 0.1) is 24.7 Å². The Bertz CT molecular complexity index is 1510. The van der Waals surface area contributed by atoms with Crippen LogP contribution in [0.25, 0.3) is 0 Å². The van der Waals surface area contributed by atoms with Crippen molar-refractivity contribution in [3.8, 4) is 0 Å². The quantitative estimate of drug-likeness (QED) is 0.273. The van der Waals surface area contributed by atoms with E-state index in [9.17, 15) is 19.2 Å². The van der Waals surface area contributed by atoms with Gasteiger partial charge in [0, 0.05) is 22.0 Å². The zero-order chi connectivity index (χ0) is 29.2. The summed E-state index contributed by atoms with van der Waals surface area (Å²) in [5.41, 5.74) is 5.39. The Morgan fingerprint density at radius 3 is 1.85 bits per heavy atom. The van der Waals surface area contributed by atoms with Crippen LogP contribution in [0.3, 0.4) is 0 Å². The highest BCUT2D eigenvalue weighted by atomic mass is 79.9. The van der Waals surface area contributed by atoms with Crippen LogP contribution in [-0.2, 0) is 23.9 Å². The Labute approximate surface area is 251 Å². The van der Waals surface area contributed by atoms with Crippen molar-refractivity contribution in [1.29, 1.82) is 0 Å². The summed E-state index contributed by atoms with van der Waals surface area (Å²) < 4.78 is 6.10. The Morgan fingerprint density at radius 1 is 0.902 bits per heavy atom. The lowest BCUT2D eigenvalue weighted by Crippen LogP contribution is -2.49. The second-order valence-electron chi connectivity index (χ2n) is 11.2. The summed E-state index contributed by atoms with van der Waals surface area (Å²) in [4.78, 5) is 55.4. The summed E-state index contributed by atoms with van der Waals surface area (Å²) in [6.07, 6.45) is 0. The third-order valence-corrected chi connectivity index (χ3v) is 9.97. The van der Waals surface area contributed by atoms with Gasteiger partial charge >= 0.3 is 5.97 Å². The number of carbonyl (C=O) groups excluding carboxylic acids is 4. The van der Waals surface area contributed by atoms with Crippen molar-refractivity contribution in [2.24, 2.45) is 17.8 Å². The minimum atomic E-state index is -1.15. The van der Waals surface area contributed by atoms with Crippen LogP contribution in [0.4, 0.5) is 5.69 Å². The second kappa shape index (κ2) is 10.4. The molecule has 9 heteroatoms. The molecular weight excluding hydrogens is 608 g/mol. The van der Waals surface area contributed by atoms with Crippen molar-refractivity contribution in [3.05, 3.63) is 98.0 Å². The van der Waals surface area contributed by atoms with Gasteiger partial charge in [-0.1, -0.05) is 74.0 Å². The number of amides is 3. The molecule has 41 heavy (non-hydrogen) atoms. The van der Waals surface area contributed by atoms with Gasteiger partial charge in [0.15, 0.2) is 6.61 Å². The number of hydrogen-bond donors (Lipinski definition) is 1.